The van der Waals surface area contributed by atoms with E-state index in [-0.39, 0.29) is 46.5 Å². The Bertz CT molecular complexity index is 379. The molecule has 0 unspecified atom stereocenters. The fraction of sp³-hybridized carbons (Fsp3) is 0.545. The van der Waals surface area contributed by atoms with Gasteiger partial charge in [-0.15, -0.1) is 0 Å². The summed E-state index contributed by atoms with van der Waals surface area (Å²) in [5, 5.41) is 0. The molecular weight excluding hydrogens is 383 g/mol. The van der Waals surface area contributed by atoms with Gasteiger partial charge in [-0.2, -0.15) is 35.4 Å². The Morgan fingerprint density at radius 1 is 0.520 bits per heavy atom. The molecule has 0 radical (unpaired) electrons. The van der Waals surface area contributed by atoms with E-state index >= 15 is 0 Å². The molecule has 0 aliphatic carbocycles. The van der Waals surface area contributed by atoms with Crippen molar-refractivity contribution in [2.24, 2.45) is 0 Å². The average Bonchev–Trinajstić information content (AvgIpc) is 3.22. The molecule has 0 fully saturated rings. The number of hydrogen-bond donors (Lipinski definition) is 0. The molecule has 2 aromatic carbocycles. The maximum absolute atomic E-state index is 2.25. The topological polar surface area (TPSA) is 0 Å². The molecule has 0 spiro atoms. The molecule has 2 rings (SSSR count). The number of unbranched alkanes of at least 4 members (excludes halogenated alkanes) is 6. The molecule has 3 heteroatoms. The van der Waals surface area contributed by atoms with E-state index in [1.54, 1.807) is 0 Å². The first-order valence-electron chi connectivity index (χ1n) is 9.28. The first-order chi connectivity index (χ1) is 10.9. The Morgan fingerprint density at radius 3 is 1.12 bits per heavy atom. The van der Waals surface area contributed by atoms with Crippen LogP contribution >= 0.6 is 0 Å². The van der Waals surface area contributed by atoms with Crippen molar-refractivity contribution in [1.29, 1.82) is 0 Å². The van der Waals surface area contributed by atoms with Crippen LogP contribution in [0.15, 0.2) is 48.5 Å². The Labute approximate surface area is 183 Å². The van der Waals surface area contributed by atoms with Crippen LogP contribution in [-0.4, -0.2) is 0 Å². The van der Waals surface area contributed by atoms with Crippen molar-refractivity contribution in [3.8, 4) is 0 Å². The second-order valence-corrected chi connectivity index (χ2v) is 6.21. The molecule has 25 heavy (non-hydrogen) atoms. The van der Waals surface area contributed by atoms with Crippen molar-refractivity contribution >= 4 is 0 Å². The Morgan fingerprint density at radius 2 is 0.840 bits per heavy atom. The van der Waals surface area contributed by atoms with Crippen molar-refractivity contribution in [3.05, 3.63) is 59.7 Å². The normalized spacial score (nSPS) is 9.04. The van der Waals surface area contributed by atoms with Crippen LogP contribution < -0.4 is 24.8 Å². The van der Waals surface area contributed by atoms with E-state index in [4.69, 9.17) is 0 Å². The van der Waals surface area contributed by atoms with Gasteiger partial charge < -0.3 is 24.8 Å². The van der Waals surface area contributed by atoms with Crippen molar-refractivity contribution in [1.82, 2.24) is 0 Å². The summed E-state index contributed by atoms with van der Waals surface area (Å²) in [6.07, 6.45) is 13.5. The summed E-state index contributed by atoms with van der Waals surface area (Å²) < 4.78 is 0. The quantitative estimate of drug-likeness (QED) is 0.308. The predicted octanol–water partition coefficient (Wildman–Crippen LogP) is 1.06. The predicted molar refractivity (Wildman–Crippen MR) is 99.8 cm³/mol. The molecule has 0 saturated carbocycles. The van der Waals surface area contributed by atoms with Gasteiger partial charge in [0.05, 0.1) is 0 Å². The van der Waals surface area contributed by atoms with E-state index in [1.165, 1.54) is 75.3 Å². The van der Waals surface area contributed by atoms with E-state index < -0.39 is 0 Å². The molecule has 0 heterocycles. The van der Waals surface area contributed by atoms with Crippen molar-refractivity contribution in [2.45, 2.75) is 78.1 Å². The largest absolute Gasteiger partial charge is 4.00 e. The second-order valence-electron chi connectivity index (χ2n) is 6.21. The average molecular weight is 417 g/mol. The SMILES string of the molecule is CCCCCC[c-]1cccc1.CCCCCC[c-]1cccc1.[Cl-].[Cl-].[Ti+4]. The van der Waals surface area contributed by atoms with Crippen LogP contribution in [0.1, 0.15) is 76.3 Å². The van der Waals surface area contributed by atoms with E-state index in [2.05, 4.69) is 62.4 Å². The third-order valence-corrected chi connectivity index (χ3v) is 4.10. The molecular formula is C22H34Cl2Ti. The minimum Gasteiger partial charge on any atom is -1.00 e. The van der Waals surface area contributed by atoms with Crippen molar-refractivity contribution < 1.29 is 46.5 Å². The van der Waals surface area contributed by atoms with Crippen LogP contribution in [0.2, 0.25) is 0 Å². The van der Waals surface area contributed by atoms with Gasteiger partial charge in [0.15, 0.2) is 0 Å². The summed E-state index contributed by atoms with van der Waals surface area (Å²) in [5.74, 6) is 0. The monoisotopic (exact) mass is 416 g/mol. The number of rotatable bonds is 10. The van der Waals surface area contributed by atoms with Crippen LogP contribution in [0.25, 0.3) is 0 Å². The zero-order valence-electron chi connectivity index (χ0n) is 15.9. The summed E-state index contributed by atoms with van der Waals surface area (Å²) in [7, 11) is 0. The second kappa shape index (κ2) is 22.0. The van der Waals surface area contributed by atoms with E-state index in [0.717, 1.165) is 0 Å². The van der Waals surface area contributed by atoms with Crippen LogP contribution in [0.3, 0.4) is 0 Å². The molecule has 0 aliphatic rings. The number of aryl methyl sites for hydroxylation is 2. The van der Waals surface area contributed by atoms with Gasteiger partial charge in [-0.05, 0) is 0 Å². The number of hydrogen-bond acceptors (Lipinski definition) is 0. The first kappa shape index (κ1) is 29.7. The first-order valence-corrected chi connectivity index (χ1v) is 9.28. The van der Waals surface area contributed by atoms with E-state index in [9.17, 15) is 0 Å². The fourth-order valence-corrected chi connectivity index (χ4v) is 2.67. The third-order valence-electron chi connectivity index (χ3n) is 4.10. The fourth-order valence-electron chi connectivity index (χ4n) is 2.67. The molecule has 0 nitrogen and oxygen atoms in total. The maximum Gasteiger partial charge on any atom is 4.00 e. The maximum atomic E-state index is 2.25. The van der Waals surface area contributed by atoms with E-state index in [1.807, 2.05) is 0 Å². The summed E-state index contributed by atoms with van der Waals surface area (Å²) in [6.45, 7) is 4.50. The molecule has 0 atom stereocenters. The van der Waals surface area contributed by atoms with Gasteiger partial charge in [-0.1, -0.05) is 78.1 Å². The summed E-state index contributed by atoms with van der Waals surface area (Å²) in [4.78, 5) is 0. The summed E-state index contributed by atoms with van der Waals surface area (Å²) in [6, 6.07) is 17.3. The standard InChI is InChI=1S/2C11H17.2ClH.Ti/c2*1-2-3-4-5-8-11-9-6-7-10-11;;;/h2*6-7,9-10H,2-5,8H2,1H3;2*1H;/q2*-1;;;+4/p-2. The minimum absolute atomic E-state index is 0. The van der Waals surface area contributed by atoms with Crippen molar-refractivity contribution in [2.75, 3.05) is 0 Å². The van der Waals surface area contributed by atoms with Crippen LogP contribution in [0.4, 0.5) is 0 Å². The Kier molecular flexibility index (Phi) is 26.2. The van der Waals surface area contributed by atoms with Gasteiger partial charge in [-0.3, -0.25) is 0 Å². The molecule has 0 bridgehead atoms. The Balaban J connectivity index is -0.000000346. The molecule has 0 aliphatic heterocycles. The smallest absolute Gasteiger partial charge is 1.00 e. The van der Waals surface area contributed by atoms with Gasteiger partial charge in [0, 0.05) is 0 Å². The molecule has 0 saturated heterocycles. The van der Waals surface area contributed by atoms with Gasteiger partial charge in [0.25, 0.3) is 0 Å². The van der Waals surface area contributed by atoms with Gasteiger partial charge in [0.2, 0.25) is 0 Å². The van der Waals surface area contributed by atoms with Gasteiger partial charge in [-0.25, -0.2) is 24.3 Å². The molecule has 0 N–H and O–H groups in total. The molecule has 2 aromatic rings. The molecule has 140 valence electrons. The number of halogens is 2. The van der Waals surface area contributed by atoms with Crippen LogP contribution in [0, 0.1) is 0 Å². The summed E-state index contributed by atoms with van der Waals surface area (Å²) >= 11 is 0. The zero-order valence-corrected chi connectivity index (χ0v) is 19.0. The van der Waals surface area contributed by atoms with Crippen LogP contribution in [-0.2, 0) is 34.6 Å². The minimum atomic E-state index is 0. The van der Waals surface area contributed by atoms with Gasteiger partial charge in [0.1, 0.15) is 0 Å². The Hall–Kier alpha value is -0.00571. The molecule has 0 amide bonds. The molecule has 0 aromatic heterocycles. The summed E-state index contributed by atoms with van der Waals surface area (Å²) in [5.41, 5.74) is 3.00. The van der Waals surface area contributed by atoms with Gasteiger partial charge >= 0.3 is 21.7 Å². The van der Waals surface area contributed by atoms with Crippen LogP contribution in [0.5, 0.6) is 0 Å². The van der Waals surface area contributed by atoms with Crippen molar-refractivity contribution in [3.63, 3.8) is 0 Å². The van der Waals surface area contributed by atoms with E-state index in [0.29, 0.717) is 0 Å². The zero-order chi connectivity index (χ0) is 15.9. The third kappa shape index (κ3) is 17.2.